The van der Waals surface area contributed by atoms with Crippen LogP contribution < -0.4 is 5.73 Å². The summed E-state index contributed by atoms with van der Waals surface area (Å²) in [6.45, 7) is 4.04. The SMILES string of the molecule is Cc1nn(C)c(C)c1CCC(N)c1cccc(Br)c1F. The Kier molecular flexibility index (Phi) is 4.60. The molecule has 1 atom stereocenters. The maximum Gasteiger partial charge on any atom is 0.142 e. The number of rotatable bonds is 4. The van der Waals surface area contributed by atoms with Crippen molar-refractivity contribution >= 4 is 15.9 Å². The van der Waals surface area contributed by atoms with Crippen molar-refractivity contribution in [3.8, 4) is 0 Å². The number of benzene rings is 1. The fourth-order valence-electron chi connectivity index (χ4n) is 2.44. The molecule has 0 spiro atoms. The molecule has 0 amide bonds. The summed E-state index contributed by atoms with van der Waals surface area (Å²) in [6, 6.07) is 4.92. The van der Waals surface area contributed by atoms with Gasteiger partial charge < -0.3 is 5.73 Å². The predicted octanol–water partition coefficient (Wildman–Crippen LogP) is 3.57. The van der Waals surface area contributed by atoms with Crippen LogP contribution in [0.5, 0.6) is 0 Å². The van der Waals surface area contributed by atoms with Gasteiger partial charge in [0.25, 0.3) is 0 Å². The van der Waals surface area contributed by atoms with Crippen LogP contribution >= 0.6 is 15.9 Å². The Morgan fingerprint density at radius 2 is 2.10 bits per heavy atom. The van der Waals surface area contributed by atoms with Crippen LogP contribution in [0.4, 0.5) is 4.39 Å². The van der Waals surface area contributed by atoms with Gasteiger partial charge in [0.1, 0.15) is 5.82 Å². The van der Waals surface area contributed by atoms with E-state index in [-0.39, 0.29) is 11.9 Å². The first-order valence-corrected chi connectivity index (χ1v) is 7.39. The van der Waals surface area contributed by atoms with Gasteiger partial charge in [-0.25, -0.2) is 4.39 Å². The number of hydrogen-bond acceptors (Lipinski definition) is 2. The van der Waals surface area contributed by atoms with Gasteiger partial charge in [-0.3, -0.25) is 4.68 Å². The fraction of sp³-hybridized carbons (Fsp3) is 0.400. The average Bonchev–Trinajstić information content (AvgIpc) is 2.64. The largest absolute Gasteiger partial charge is 0.324 e. The highest BCUT2D eigenvalue weighted by Gasteiger charge is 2.16. The lowest BCUT2D eigenvalue weighted by Gasteiger charge is -2.14. The van der Waals surface area contributed by atoms with Crippen LogP contribution in [-0.2, 0) is 13.5 Å². The molecule has 0 saturated carbocycles. The van der Waals surface area contributed by atoms with E-state index in [0.29, 0.717) is 16.5 Å². The third kappa shape index (κ3) is 2.94. The number of nitrogens with two attached hydrogens (primary N) is 1. The highest BCUT2D eigenvalue weighted by atomic mass is 79.9. The van der Waals surface area contributed by atoms with Gasteiger partial charge in [0.15, 0.2) is 0 Å². The molecule has 1 unspecified atom stereocenters. The molecular formula is C15H19BrFN3. The van der Waals surface area contributed by atoms with E-state index in [1.807, 2.05) is 31.6 Å². The van der Waals surface area contributed by atoms with E-state index < -0.39 is 0 Å². The van der Waals surface area contributed by atoms with Gasteiger partial charge in [-0.1, -0.05) is 12.1 Å². The Morgan fingerprint density at radius 1 is 1.40 bits per heavy atom. The molecular weight excluding hydrogens is 321 g/mol. The van der Waals surface area contributed by atoms with Crippen LogP contribution in [0.15, 0.2) is 22.7 Å². The predicted molar refractivity (Wildman–Crippen MR) is 82.0 cm³/mol. The Balaban J connectivity index is 2.13. The molecule has 0 aliphatic heterocycles. The summed E-state index contributed by atoms with van der Waals surface area (Å²) < 4.78 is 16.3. The molecule has 3 nitrogen and oxygen atoms in total. The Labute approximate surface area is 127 Å². The molecule has 20 heavy (non-hydrogen) atoms. The Hall–Kier alpha value is -1.20. The molecule has 0 aliphatic carbocycles. The standard InChI is InChI=1S/C15H19BrFN3/c1-9-11(10(2)20(3)19-9)7-8-14(18)12-5-4-6-13(16)15(12)17/h4-6,14H,7-8,18H2,1-3H3. The molecule has 1 aromatic heterocycles. The lowest BCUT2D eigenvalue weighted by atomic mass is 9.98. The van der Waals surface area contributed by atoms with E-state index in [4.69, 9.17) is 5.73 Å². The smallest absolute Gasteiger partial charge is 0.142 e. The van der Waals surface area contributed by atoms with Crippen molar-refractivity contribution in [2.45, 2.75) is 32.7 Å². The Bertz CT molecular complexity index is 622. The van der Waals surface area contributed by atoms with Gasteiger partial charge in [-0.2, -0.15) is 5.10 Å². The topological polar surface area (TPSA) is 43.8 Å². The van der Waals surface area contributed by atoms with E-state index in [0.717, 1.165) is 17.8 Å². The second-order valence-electron chi connectivity index (χ2n) is 5.06. The highest BCUT2D eigenvalue weighted by Crippen LogP contribution is 2.26. The molecule has 2 N–H and O–H groups in total. The quantitative estimate of drug-likeness (QED) is 0.925. The third-order valence-electron chi connectivity index (χ3n) is 3.75. The maximum atomic E-state index is 14.0. The van der Waals surface area contributed by atoms with Gasteiger partial charge in [-0.05, 0) is 54.2 Å². The molecule has 2 rings (SSSR count). The summed E-state index contributed by atoms with van der Waals surface area (Å²) in [7, 11) is 1.93. The molecule has 0 bridgehead atoms. The maximum absolute atomic E-state index is 14.0. The van der Waals surface area contributed by atoms with Crippen LogP contribution in [0.1, 0.15) is 35.0 Å². The van der Waals surface area contributed by atoms with Crippen LogP contribution in [-0.4, -0.2) is 9.78 Å². The van der Waals surface area contributed by atoms with Crippen LogP contribution in [0, 0.1) is 19.7 Å². The zero-order chi connectivity index (χ0) is 14.9. The van der Waals surface area contributed by atoms with Gasteiger partial charge >= 0.3 is 0 Å². The minimum atomic E-state index is -0.313. The second-order valence-corrected chi connectivity index (χ2v) is 5.92. The molecule has 108 valence electrons. The molecule has 1 heterocycles. The van der Waals surface area contributed by atoms with E-state index in [1.165, 1.54) is 5.56 Å². The van der Waals surface area contributed by atoms with Crippen molar-refractivity contribution in [1.82, 2.24) is 9.78 Å². The van der Waals surface area contributed by atoms with E-state index in [2.05, 4.69) is 21.0 Å². The van der Waals surface area contributed by atoms with Gasteiger partial charge in [0.2, 0.25) is 0 Å². The van der Waals surface area contributed by atoms with Crippen LogP contribution in [0.25, 0.3) is 0 Å². The number of hydrogen-bond donors (Lipinski definition) is 1. The lowest BCUT2D eigenvalue weighted by molar-refractivity contribution is 0.558. The van der Waals surface area contributed by atoms with E-state index >= 15 is 0 Å². The number of aryl methyl sites for hydroxylation is 2. The summed E-state index contributed by atoms with van der Waals surface area (Å²) in [5, 5.41) is 4.39. The zero-order valence-electron chi connectivity index (χ0n) is 12.0. The summed E-state index contributed by atoms with van der Waals surface area (Å²) >= 11 is 3.19. The van der Waals surface area contributed by atoms with Crippen molar-refractivity contribution in [2.24, 2.45) is 12.8 Å². The zero-order valence-corrected chi connectivity index (χ0v) is 13.5. The van der Waals surface area contributed by atoms with E-state index in [1.54, 1.807) is 12.1 Å². The van der Waals surface area contributed by atoms with Crippen molar-refractivity contribution in [3.05, 3.63) is 51.0 Å². The van der Waals surface area contributed by atoms with Crippen LogP contribution in [0.3, 0.4) is 0 Å². The normalized spacial score (nSPS) is 12.7. The van der Waals surface area contributed by atoms with E-state index in [9.17, 15) is 4.39 Å². The van der Waals surface area contributed by atoms with Gasteiger partial charge in [0.05, 0.1) is 10.2 Å². The second kappa shape index (κ2) is 6.06. The highest BCUT2D eigenvalue weighted by molar-refractivity contribution is 9.10. The molecule has 0 fully saturated rings. The van der Waals surface area contributed by atoms with Crippen LogP contribution in [0.2, 0.25) is 0 Å². The molecule has 0 radical (unpaired) electrons. The first kappa shape index (κ1) is 15.2. The monoisotopic (exact) mass is 339 g/mol. The number of halogens is 2. The van der Waals surface area contributed by atoms with Crippen molar-refractivity contribution < 1.29 is 4.39 Å². The van der Waals surface area contributed by atoms with Crippen molar-refractivity contribution in [3.63, 3.8) is 0 Å². The summed E-state index contributed by atoms with van der Waals surface area (Å²) in [6.07, 6.45) is 1.50. The van der Waals surface area contributed by atoms with Gasteiger partial charge in [0, 0.05) is 24.3 Å². The third-order valence-corrected chi connectivity index (χ3v) is 4.36. The van der Waals surface area contributed by atoms with Crippen molar-refractivity contribution in [2.75, 3.05) is 0 Å². The molecule has 2 aromatic rings. The Morgan fingerprint density at radius 3 is 2.70 bits per heavy atom. The average molecular weight is 340 g/mol. The molecule has 0 aliphatic rings. The summed E-state index contributed by atoms with van der Waals surface area (Å²) in [5.74, 6) is -0.264. The van der Waals surface area contributed by atoms with Crippen molar-refractivity contribution in [1.29, 1.82) is 0 Å². The first-order chi connectivity index (χ1) is 9.41. The minimum Gasteiger partial charge on any atom is -0.324 e. The number of aromatic nitrogens is 2. The summed E-state index contributed by atoms with van der Waals surface area (Å²) in [5.41, 5.74) is 10.1. The molecule has 5 heteroatoms. The first-order valence-electron chi connectivity index (χ1n) is 6.60. The molecule has 0 saturated heterocycles. The summed E-state index contributed by atoms with van der Waals surface area (Å²) in [4.78, 5) is 0. The fourth-order valence-corrected chi connectivity index (χ4v) is 2.82. The lowest BCUT2D eigenvalue weighted by Crippen LogP contribution is -2.13. The molecule has 1 aromatic carbocycles. The number of nitrogens with zero attached hydrogens (tertiary/aromatic N) is 2. The minimum absolute atomic E-state index is 0.264. The van der Waals surface area contributed by atoms with Gasteiger partial charge in [-0.15, -0.1) is 0 Å².